The quantitative estimate of drug-likeness (QED) is 0.461. The molecule has 0 aromatic carbocycles. The SMILES string of the molecule is C1OP2OCC1CO2. The molecule has 4 heteroatoms. The molecule has 0 aliphatic carbocycles. The topological polar surface area (TPSA) is 27.7 Å². The van der Waals surface area contributed by atoms with Gasteiger partial charge in [0.05, 0.1) is 19.8 Å². The van der Waals surface area contributed by atoms with Crippen molar-refractivity contribution in [2.24, 2.45) is 5.92 Å². The molecule has 3 heterocycles. The molecule has 3 rings (SSSR count). The summed E-state index contributed by atoms with van der Waals surface area (Å²) in [4.78, 5) is 0. The van der Waals surface area contributed by atoms with Crippen LogP contribution >= 0.6 is 8.60 Å². The van der Waals surface area contributed by atoms with Crippen molar-refractivity contribution in [3.63, 3.8) is 0 Å². The fourth-order valence-corrected chi connectivity index (χ4v) is 1.98. The molecule has 0 amide bonds. The van der Waals surface area contributed by atoms with Crippen LogP contribution in [-0.4, -0.2) is 19.8 Å². The Morgan fingerprint density at radius 3 is 1.62 bits per heavy atom. The van der Waals surface area contributed by atoms with E-state index in [4.69, 9.17) is 13.6 Å². The van der Waals surface area contributed by atoms with Crippen LogP contribution in [0, 0.1) is 5.92 Å². The van der Waals surface area contributed by atoms with Crippen molar-refractivity contribution < 1.29 is 13.6 Å². The van der Waals surface area contributed by atoms with Crippen molar-refractivity contribution in [3.8, 4) is 0 Å². The third-order valence-electron chi connectivity index (χ3n) is 1.25. The molecular formula is C4H7O3P. The van der Waals surface area contributed by atoms with E-state index in [-0.39, 0.29) is 0 Å². The Labute approximate surface area is 48.9 Å². The second-order valence-electron chi connectivity index (χ2n) is 1.98. The smallest absolute Gasteiger partial charge is 0.312 e. The second kappa shape index (κ2) is 1.92. The van der Waals surface area contributed by atoms with E-state index in [1.165, 1.54) is 0 Å². The van der Waals surface area contributed by atoms with Gasteiger partial charge in [0, 0.05) is 5.92 Å². The Morgan fingerprint density at radius 2 is 1.50 bits per heavy atom. The minimum atomic E-state index is -0.904. The van der Waals surface area contributed by atoms with Crippen LogP contribution in [0.5, 0.6) is 0 Å². The fourth-order valence-electron chi connectivity index (χ4n) is 0.755. The molecule has 0 saturated carbocycles. The zero-order chi connectivity index (χ0) is 5.40. The summed E-state index contributed by atoms with van der Waals surface area (Å²) >= 11 is 0. The highest BCUT2D eigenvalue weighted by Crippen LogP contribution is 2.48. The maximum absolute atomic E-state index is 5.10. The van der Waals surface area contributed by atoms with E-state index in [2.05, 4.69) is 0 Å². The molecule has 3 aliphatic heterocycles. The van der Waals surface area contributed by atoms with Gasteiger partial charge in [0.1, 0.15) is 0 Å². The lowest BCUT2D eigenvalue weighted by Crippen LogP contribution is -2.29. The van der Waals surface area contributed by atoms with Crippen molar-refractivity contribution in [3.05, 3.63) is 0 Å². The molecule has 0 unspecified atom stereocenters. The number of hydrogen-bond donors (Lipinski definition) is 0. The predicted octanol–water partition coefficient (Wildman–Crippen LogP) is 0.906. The molecule has 3 fully saturated rings. The Kier molecular flexibility index (Phi) is 1.23. The Hall–Kier alpha value is 0.310. The van der Waals surface area contributed by atoms with E-state index < -0.39 is 8.60 Å². The van der Waals surface area contributed by atoms with Crippen LogP contribution < -0.4 is 0 Å². The first kappa shape index (κ1) is 5.12. The molecular weight excluding hydrogens is 127 g/mol. The van der Waals surface area contributed by atoms with Crippen molar-refractivity contribution >= 4 is 8.60 Å². The summed E-state index contributed by atoms with van der Waals surface area (Å²) in [6, 6.07) is 0. The third-order valence-corrected chi connectivity index (χ3v) is 2.33. The summed E-state index contributed by atoms with van der Waals surface area (Å²) < 4.78 is 15.3. The van der Waals surface area contributed by atoms with Crippen molar-refractivity contribution in [2.75, 3.05) is 19.8 Å². The van der Waals surface area contributed by atoms with Crippen LogP contribution in [0.15, 0.2) is 0 Å². The highest BCUT2D eigenvalue weighted by molar-refractivity contribution is 7.41. The van der Waals surface area contributed by atoms with Crippen LogP contribution in [-0.2, 0) is 13.6 Å². The molecule has 46 valence electrons. The molecule has 8 heavy (non-hydrogen) atoms. The van der Waals surface area contributed by atoms with E-state index in [1.54, 1.807) is 0 Å². The molecule has 0 spiro atoms. The lowest BCUT2D eigenvalue weighted by molar-refractivity contribution is -0.00248. The summed E-state index contributed by atoms with van der Waals surface area (Å²) in [6.07, 6.45) is 0. The van der Waals surface area contributed by atoms with Crippen LogP contribution in [0.3, 0.4) is 0 Å². The van der Waals surface area contributed by atoms with Gasteiger partial charge < -0.3 is 13.6 Å². The molecule has 0 aromatic rings. The van der Waals surface area contributed by atoms with Crippen molar-refractivity contribution in [1.29, 1.82) is 0 Å². The Balaban J connectivity index is 2.03. The number of hydrogen-bond acceptors (Lipinski definition) is 3. The normalized spacial score (nSPS) is 45.0. The van der Waals surface area contributed by atoms with Gasteiger partial charge >= 0.3 is 8.60 Å². The largest absolute Gasteiger partial charge is 0.332 e. The van der Waals surface area contributed by atoms with Gasteiger partial charge in [0.15, 0.2) is 0 Å². The molecule has 3 nitrogen and oxygen atoms in total. The maximum atomic E-state index is 5.10. The number of rotatable bonds is 0. The summed E-state index contributed by atoms with van der Waals surface area (Å²) in [5, 5.41) is 0. The lowest BCUT2D eigenvalue weighted by Gasteiger charge is -2.33. The average molecular weight is 134 g/mol. The third kappa shape index (κ3) is 0.759. The van der Waals surface area contributed by atoms with E-state index in [0.717, 1.165) is 19.8 Å². The van der Waals surface area contributed by atoms with E-state index >= 15 is 0 Å². The van der Waals surface area contributed by atoms with Crippen LogP contribution in [0.2, 0.25) is 0 Å². The van der Waals surface area contributed by atoms with Gasteiger partial charge in [0.2, 0.25) is 0 Å². The van der Waals surface area contributed by atoms with Crippen molar-refractivity contribution in [1.82, 2.24) is 0 Å². The zero-order valence-corrected chi connectivity index (χ0v) is 5.27. The fraction of sp³-hybridized carbons (Fsp3) is 1.00. The van der Waals surface area contributed by atoms with Crippen LogP contribution in [0.1, 0.15) is 0 Å². The molecule has 0 N–H and O–H groups in total. The van der Waals surface area contributed by atoms with Gasteiger partial charge in [0.25, 0.3) is 0 Å². The zero-order valence-electron chi connectivity index (χ0n) is 4.37. The van der Waals surface area contributed by atoms with Gasteiger partial charge in [-0.1, -0.05) is 0 Å². The summed E-state index contributed by atoms with van der Waals surface area (Å²) in [5.74, 6) is 0.502. The van der Waals surface area contributed by atoms with Gasteiger partial charge in [-0.3, -0.25) is 0 Å². The van der Waals surface area contributed by atoms with E-state index in [1.807, 2.05) is 0 Å². The molecule has 3 aliphatic rings. The maximum Gasteiger partial charge on any atom is 0.332 e. The summed E-state index contributed by atoms with van der Waals surface area (Å²) in [6.45, 7) is 2.52. The minimum absolute atomic E-state index is 0.502. The standard InChI is InChI=1S/C4H7O3P/c1-4-2-6-8(5-1)7-3-4/h4H,1-3H2. The summed E-state index contributed by atoms with van der Waals surface area (Å²) in [5.41, 5.74) is 0. The van der Waals surface area contributed by atoms with Gasteiger partial charge in [-0.05, 0) is 0 Å². The molecule has 0 radical (unpaired) electrons. The molecule has 0 aromatic heterocycles. The first-order valence-corrected chi connectivity index (χ1v) is 3.73. The minimum Gasteiger partial charge on any atom is -0.312 e. The van der Waals surface area contributed by atoms with Gasteiger partial charge in [-0.25, -0.2) is 0 Å². The second-order valence-corrected chi connectivity index (χ2v) is 3.20. The molecule has 3 saturated heterocycles. The van der Waals surface area contributed by atoms with Crippen LogP contribution in [0.4, 0.5) is 0 Å². The highest BCUT2D eigenvalue weighted by atomic mass is 31.2. The van der Waals surface area contributed by atoms with Gasteiger partial charge in [-0.2, -0.15) is 0 Å². The highest BCUT2D eigenvalue weighted by Gasteiger charge is 2.31. The Morgan fingerprint density at radius 1 is 1.00 bits per heavy atom. The Bertz CT molecular complexity index is 66.3. The predicted molar refractivity (Wildman–Crippen MR) is 28.3 cm³/mol. The monoisotopic (exact) mass is 134 g/mol. The van der Waals surface area contributed by atoms with E-state index in [0.29, 0.717) is 5.92 Å². The molecule has 2 bridgehead atoms. The average Bonchev–Trinajstić information content (AvgIpc) is 1.92. The van der Waals surface area contributed by atoms with Crippen molar-refractivity contribution in [2.45, 2.75) is 0 Å². The first-order valence-electron chi connectivity index (χ1n) is 2.64. The first-order chi connectivity index (χ1) is 3.95. The van der Waals surface area contributed by atoms with Gasteiger partial charge in [-0.15, -0.1) is 0 Å². The van der Waals surface area contributed by atoms with E-state index in [9.17, 15) is 0 Å². The van der Waals surface area contributed by atoms with Crippen LogP contribution in [0.25, 0.3) is 0 Å². The number of fused-ring (bicyclic) bond motifs is 3. The summed E-state index contributed by atoms with van der Waals surface area (Å²) in [7, 11) is -0.904. The molecule has 0 atom stereocenters. The lowest BCUT2D eigenvalue weighted by atomic mass is 10.2.